The molecule has 0 atom stereocenters. The predicted molar refractivity (Wildman–Crippen MR) is 66.6 cm³/mol. The van der Waals surface area contributed by atoms with Gasteiger partial charge in [0, 0.05) is 27.4 Å². The summed E-state index contributed by atoms with van der Waals surface area (Å²) in [5.74, 6) is 0. The fourth-order valence-electron chi connectivity index (χ4n) is 1.76. The molecule has 0 spiro atoms. The third kappa shape index (κ3) is 2.48. The molecular formula is C12H6Cl2F3NO. The Morgan fingerprint density at radius 1 is 1.11 bits per heavy atom. The van der Waals surface area contributed by atoms with Crippen molar-refractivity contribution in [1.29, 1.82) is 0 Å². The van der Waals surface area contributed by atoms with E-state index in [-0.39, 0.29) is 26.9 Å². The molecule has 2 rings (SSSR count). The molecule has 1 aromatic heterocycles. The van der Waals surface area contributed by atoms with Gasteiger partial charge < -0.3 is 4.98 Å². The van der Waals surface area contributed by atoms with Crippen LogP contribution in [0.5, 0.6) is 0 Å². The van der Waals surface area contributed by atoms with E-state index in [1.54, 1.807) is 0 Å². The van der Waals surface area contributed by atoms with E-state index in [0.29, 0.717) is 6.29 Å². The molecule has 0 saturated carbocycles. The number of H-pyrrole nitrogens is 1. The maximum absolute atomic E-state index is 12.9. The molecule has 0 bridgehead atoms. The molecule has 1 heterocycles. The van der Waals surface area contributed by atoms with Gasteiger partial charge in [-0.2, -0.15) is 13.2 Å². The molecule has 0 radical (unpaired) electrons. The zero-order valence-corrected chi connectivity index (χ0v) is 10.7. The summed E-state index contributed by atoms with van der Waals surface area (Å²) in [6.07, 6.45) is -3.60. The van der Waals surface area contributed by atoms with Gasteiger partial charge in [-0.1, -0.05) is 29.3 Å². The molecular weight excluding hydrogens is 302 g/mol. The molecule has 0 aliphatic rings. The smallest absolute Gasteiger partial charge is 0.358 e. The standard InChI is InChI=1S/C12H6Cl2F3NO/c13-7-2-1-3-8(14)11(7)10-6(12(15,16)17)4-18-9(10)5-19/h1-5,18H. The fourth-order valence-corrected chi connectivity index (χ4v) is 2.35. The SMILES string of the molecule is O=Cc1[nH]cc(C(F)(F)F)c1-c1c(Cl)cccc1Cl. The Hall–Kier alpha value is -1.46. The van der Waals surface area contributed by atoms with Crippen LogP contribution in [0.25, 0.3) is 11.1 Å². The van der Waals surface area contributed by atoms with Crippen LogP contribution in [0.2, 0.25) is 10.0 Å². The first-order valence-corrected chi connectivity index (χ1v) is 5.80. The molecule has 19 heavy (non-hydrogen) atoms. The number of carbonyl (C=O) groups excluding carboxylic acids is 1. The Morgan fingerprint density at radius 3 is 2.16 bits per heavy atom. The third-order valence-electron chi connectivity index (χ3n) is 2.55. The van der Waals surface area contributed by atoms with Crippen LogP contribution in [0.4, 0.5) is 13.2 Å². The van der Waals surface area contributed by atoms with Crippen molar-refractivity contribution in [2.45, 2.75) is 6.18 Å². The van der Waals surface area contributed by atoms with Crippen molar-refractivity contribution in [3.63, 3.8) is 0 Å². The molecule has 0 unspecified atom stereocenters. The monoisotopic (exact) mass is 307 g/mol. The van der Waals surface area contributed by atoms with E-state index >= 15 is 0 Å². The van der Waals surface area contributed by atoms with Crippen molar-refractivity contribution >= 4 is 29.5 Å². The number of nitrogens with one attached hydrogen (secondary N) is 1. The number of aromatic amines is 1. The molecule has 2 nitrogen and oxygen atoms in total. The van der Waals surface area contributed by atoms with Crippen LogP contribution < -0.4 is 0 Å². The lowest BCUT2D eigenvalue weighted by Crippen LogP contribution is -2.05. The Kier molecular flexibility index (Phi) is 3.60. The van der Waals surface area contributed by atoms with Crippen LogP contribution >= 0.6 is 23.2 Å². The number of rotatable bonds is 2. The highest BCUT2D eigenvalue weighted by molar-refractivity contribution is 6.39. The fraction of sp³-hybridized carbons (Fsp3) is 0.0833. The first-order valence-electron chi connectivity index (χ1n) is 5.04. The van der Waals surface area contributed by atoms with Crippen LogP contribution in [0.15, 0.2) is 24.4 Å². The van der Waals surface area contributed by atoms with Crippen LogP contribution in [0.1, 0.15) is 16.1 Å². The summed E-state index contributed by atoms with van der Waals surface area (Å²) < 4.78 is 38.8. The first kappa shape index (κ1) is 14.0. The number of benzene rings is 1. The van der Waals surface area contributed by atoms with Crippen molar-refractivity contribution in [3.8, 4) is 11.1 Å². The minimum atomic E-state index is -4.62. The van der Waals surface area contributed by atoms with Gasteiger partial charge in [0.25, 0.3) is 0 Å². The number of halogens is 5. The van der Waals surface area contributed by atoms with E-state index in [4.69, 9.17) is 23.2 Å². The van der Waals surface area contributed by atoms with Crippen LogP contribution in [-0.4, -0.2) is 11.3 Å². The molecule has 0 saturated heterocycles. The zero-order chi connectivity index (χ0) is 14.2. The summed E-state index contributed by atoms with van der Waals surface area (Å²) in [5.41, 5.74) is -1.55. The minimum absolute atomic E-state index is 0.0125. The maximum atomic E-state index is 12.9. The summed E-state index contributed by atoms with van der Waals surface area (Å²) in [5, 5.41) is 0.0846. The summed E-state index contributed by atoms with van der Waals surface area (Å²) in [4.78, 5) is 13.2. The summed E-state index contributed by atoms with van der Waals surface area (Å²) in [6, 6.07) is 4.32. The average molecular weight is 308 g/mol. The molecule has 2 aromatic rings. The number of hydrogen-bond acceptors (Lipinski definition) is 1. The van der Waals surface area contributed by atoms with Crippen molar-refractivity contribution in [3.05, 3.63) is 45.7 Å². The summed E-state index contributed by atoms with van der Waals surface area (Å²) in [7, 11) is 0. The molecule has 0 aliphatic heterocycles. The van der Waals surface area contributed by atoms with Crippen LogP contribution in [0, 0.1) is 0 Å². The van der Waals surface area contributed by atoms with Gasteiger partial charge in [-0.25, -0.2) is 0 Å². The van der Waals surface area contributed by atoms with E-state index in [0.717, 1.165) is 6.20 Å². The third-order valence-corrected chi connectivity index (χ3v) is 3.18. The highest BCUT2D eigenvalue weighted by Crippen LogP contribution is 2.43. The number of carbonyl (C=O) groups is 1. The van der Waals surface area contributed by atoms with E-state index in [1.165, 1.54) is 18.2 Å². The van der Waals surface area contributed by atoms with Crippen molar-refractivity contribution in [2.75, 3.05) is 0 Å². The molecule has 7 heteroatoms. The quantitative estimate of drug-likeness (QED) is 0.793. The lowest BCUT2D eigenvalue weighted by molar-refractivity contribution is -0.137. The molecule has 0 aliphatic carbocycles. The Morgan fingerprint density at radius 2 is 1.68 bits per heavy atom. The van der Waals surface area contributed by atoms with E-state index < -0.39 is 11.7 Å². The Balaban J connectivity index is 2.81. The van der Waals surface area contributed by atoms with Gasteiger partial charge in [-0.3, -0.25) is 4.79 Å². The molecule has 0 fully saturated rings. The second kappa shape index (κ2) is 4.90. The van der Waals surface area contributed by atoms with Crippen molar-refractivity contribution < 1.29 is 18.0 Å². The number of alkyl halides is 3. The molecule has 1 aromatic carbocycles. The van der Waals surface area contributed by atoms with E-state index in [2.05, 4.69) is 4.98 Å². The van der Waals surface area contributed by atoms with E-state index in [9.17, 15) is 18.0 Å². The highest BCUT2D eigenvalue weighted by atomic mass is 35.5. The highest BCUT2D eigenvalue weighted by Gasteiger charge is 2.37. The Labute approximate surface area is 116 Å². The van der Waals surface area contributed by atoms with Gasteiger partial charge >= 0.3 is 6.18 Å². The van der Waals surface area contributed by atoms with Gasteiger partial charge in [-0.05, 0) is 12.1 Å². The lowest BCUT2D eigenvalue weighted by atomic mass is 10.0. The molecule has 1 N–H and O–H groups in total. The van der Waals surface area contributed by atoms with Gasteiger partial charge in [0.2, 0.25) is 0 Å². The zero-order valence-electron chi connectivity index (χ0n) is 9.18. The first-order chi connectivity index (χ1) is 8.86. The maximum Gasteiger partial charge on any atom is 0.418 e. The number of hydrogen-bond donors (Lipinski definition) is 1. The molecule has 0 amide bonds. The van der Waals surface area contributed by atoms with Crippen molar-refractivity contribution in [1.82, 2.24) is 4.98 Å². The largest absolute Gasteiger partial charge is 0.418 e. The van der Waals surface area contributed by atoms with Crippen LogP contribution in [-0.2, 0) is 6.18 Å². The predicted octanol–water partition coefficient (Wildman–Crippen LogP) is 4.82. The normalized spacial score (nSPS) is 11.6. The number of aldehydes is 1. The summed E-state index contributed by atoms with van der Waals surface area (Å²) >= 11 is 11.8. The second-order valence-electron chi connectivity index (χ2n) is 3.70. The van der Waals surface area contributed by atoms with E-state index in [1.807, 2.05) is 0 Å². The molecule has 100 valence electrons. The average Bonchev–Trinajstić information content (AvgIpc) is 2.72. The summed E-state index contributed by atoms with van der Waals surface area (Å²) in [6.45, 7) is 0. The Bertz CT molecular complexity index is 614. The van der Waals surface area contributed by atoms with Gasteiger partial charge in [0.1, 0.15) is 0 Å². The van der Waals surface area contributed by atoms with Gasteiger partial charge in [0.15, 0.2) is 6.29 Å². The lowest BCUT2D eigenvalue weighted by Gasteiger charge is -2.11. The second-order valence-corrected chi connectivity index (χ2v) is 4.52. The van der Waals surface area contributed by atoms with Crippen LogP contribution in [0.3, 0.4) is 0 Å². The number of aromatic nitrogens is 1. The van der Waals surface area contributed by atoms with Gasteiger partial charge in [-0.15, -0.1) is 0 Å². The van der Waals surface area contributed by atoms with Crippen molar-refractivity contribution in [2.24, 2.45) is 0 Å². The minimum Gasteiger partial charge on any atom is -0.358 e. The van der Waals surface area contributed by atoms with Gasteiger partial charge in [0.05, 0.1) is 11.3 Å². The topological polar surface area (TPSA) is 32.9 Å².